The van der Waals surface area contributed by atoms with E-state index in [0.717, 1.165) is 25.5 Å². The lowest BCUT2D eigenvalue weighted by atomic mass is 9.90. The van der Waals surface area contributed by atoms with E-state index in [4.69, 9.17) is 0 Å². The molecule has 9 heteroatoms. The van der Waals surface area contributed by atoms with Gasteiger partial charge >= 0.3 is 5.92 Å². The van der Waals surface area contributed by atoms with Crippen molar-refractivity contribution in [1.29, 1.82) is 0 Å². The van der Waals surface area contributed by atoms with E-state index < -0.39 is 34.5 Å². The van der Waals surface area contributed by atoms with E-state index in [9.17, 15) is 18.7 Å². The van der Waals surface area contributed by atoms with Gasteiger partial charge in [0.15, 0.2) is 0 Å². The molecule has 1 atom stereocenters. The van der Waals surface area contributed by atoms with Gasteiger partial charge in [-0.3, -0.25) is 4.79 Å². The van der Waals surface area contributed by atoms with Crippen molar-refractivity contribution < 1.29 is 23.1 Å². The molecule has 0 bridgehead atoms. The van der Waals surface area contributed by atoms with E-state index in [1.54, 1.807) is 31.9 Å². The molecule has 1 aliphatic heterocycles. The topological polar surface area (TPSA) is 78.4 Å². The number of carbonyl (C=O) groups excluding carboxylic acids is 1. The maximum absolute atomic E-state index is 15.3. The van der Waals surface area contributed by atoms with Crippen LogP contribution in [0.2, 0.25) is 0 Å². The molecule has 2 heterocycles. The molecule has 0 fully saturated rings. The summed E-state index contributed by atoms with van der Waals surface area (Å²) in [6, 6.07) is 6.58. The van der Waals surface area contributed by atoms with Crippen molar-refractivity contribution in [3.8, 4) is 0 Å². The first-order valence-corrected chi connectivity index (χ1v) is 11.3. The average molecular weight is 487 g/mol. The molecule has 0 radical (unpaired) electrons. The number of alkyl halides is 2. The molecule has 2 aromatic carbocycles. The van der Waals surface area contributed by atoms with Gasteiger partial charge in [-0.2, -0.15) is 8.78 Å². The van der Waals surface area contributed by atoms with Crippen LogP contribution in [-0.2, 0) is 11.5 Å². The number of carbonyl (C=O) groups is 1. The van der Waals surface area contributed by atoms with Crippen LogP contribution in [0, 0.1) is 12.7 Å². The van der Waals surface area contributed by atoms with Crippen molar-refractivity contribution in [1.82, 2.24) is 14.9 Å². The van der Waals surface area contributed by atoms with Gasteiger partial charge in [0.05, 0.1) is 22.7 Å². The zero-order valence-electron chi connectivity index (χ0n) is 20.8. The first-order valence-electron chi connectivity index (χ1n) is 11.3. The number of amides is 1. The zero-order valence-corrected chi connectivity index (χ0v) is 20.8. The molecule has 0 aliphatic carbocycles. The summed E-state index contributed by atoms with van der Waals surface area (Å²) in [5.74, 6) is -4.15. The monoisotopic (exact) mass is 486 g/mol. The normalized spacial score (nSPS) is 16.5. The number of anilines is 1. The molecule has 2 N–H and O–H groups in total. The predicted octanol–water partition coefficient (Wildman–Crippen LogP) is 5.43. The number of nitrogens with one attached hydrogen (secondary N) is 1. The summed E-state index contributed by atoms with van der Waals surface area (Å²) in [6.07, 6.45) is 0. The van der Waals surface area contributed by atoms with Crippen LogP contribution in [0.4, 0.5) is 19.0 Å². The number of aromatic nitrogens is 2. The Morgan fingerprint density at radius 1 is 1.17 bits per heavy atom. The van der Waals surface area contributed by atoms with E-state index >= 15 is 4.39 Å². The quantitative estimate of drug-likeness (QED) is 0.503. The minimum absolute atomic E-state index is 0.00670. The number of benzene rings is 2. The summed E-state index contributed by atoms with van der Waals surface area (Å²) >= 11 is 0. The Balaban J connectivity index is 1.80. The van der Waals surface area contributed by atoms with Crippen LogP contribution in [0.25, 0.3) is 10.9 Å². The van der Waals surface area contributed by atoms with Crippen molar-refractivity contribution in [2.75, 3.05) is 12.4 Å². The summed E-state index contributed by atoms with van der Waals surface area (Å²) in [7, 11) is 1.74. The van der Waals surface area contributed by atoms with Crippen LogP contribution in [0.5, 0.6) is 0 Å². The molecular weight excluding hydrogens is 457 g/mol. The standard InChI is InChI=1S/C26H29F3N4O2/c1-13(15-9-8-10-18(21(15)27)26(28,29)25(5,6)35)30-22-17-11-19-16(12-20(17)31-14(2)32-22)23(34)33(7)24(19,3)4/h8-13,35H,1-7H3,(H,30,31,32). The fraction of sp³-hybridized carbons (Fsp3) is 0.423. The Labute approximate surface area is 202 Å². The molecule has 0 saturated carbocycles. The fourth-order valence-corrected chi connectivity index (χ4v) is 4.44. The summed E-state index contributed by atoms with van der Waals surface area (Å²) < 4.78 is 44.8. The number of hydrogen-bond acceptors (Lipinski definition) is 5. The van der Waals surface area contributed by atoms with E-state index in [1.807, 2.05) is 19.9 Å². The van der Waals surface area contributed by atoms with Gasteiger partial charge in [0.2, 0.25) is 0 Å². The lowest BCUT2D eigenvalue weighted by Gasteiger charge is -2.30. The molecule has 35 heavy (non-hydrogen) atoms. The number of aliphatic hydroxyl groups is 1. The van der Waals surface area contributed by atoms with Crippen molar-refractivity contribution in [2.24, 2.45) is 0 Å². The molecule has 4 rings (SSSR count). The predicted molar refractivity (Wildman–Crippen MR) is 128 cm³/mol. The van der Waals surface area contributed by atoms with Crippen LogP contribution >= 0.6 is 0 Å². The first kappa shape index (κ1) is 24.9. The van der Waals surface area contributed by atoms with Crippen LogP contribution in [0.3, 0.4) is 0 Å². The molecule has 1 amide bonds. The largest absolute Gasteiger partial charge is 0.384 e. The number of hydrogen-bond donors (Lipinski definition) is 2. The Morgan fingerprint density at radius 3 is 2.46 bits per heavy atom. The van der Waals surface area contributed by atoms with E-state index in [1.165, 1.54) is 12.1 Å². The van der Waals surface area contributed by atoms with Crippen LogP contribution in [0.15, 0.2) is 30.3 Å². The second-order valence-electron chi connectivity index (χ2n) is 10.2. The van der Waals surface area contributed by atoms with Gasteiger partial charge in [0.25, 0.3) is 5.91 Å². The molecule has 0 saturated heterocycles. The van der Waals surface area contributed by atoms with Crippen molar-refractivity contribution in [3.05, 3.63) is 64.2 Å². The number of aryl methyl sites for hydroxylation is 1. The second kappa shape index (κ2) is 7.91. The minimum Gasteiger partial charge on any atom is -0.384 e. The Hall–Kier alpha value is -3.20. The zero-order chi connectivity index (χ0) is 26.1. The number of rotatable bonds is 5. The van der Waals surface area contributed by atoms with Gasteiger partial charge in [0.1, 0.15) is 23.1 Å². The molecule has 1 unspecified atom stereocenters. The Morgan fingerprint density at radius 2 is 1.83 bits per heavy atom. The van der Waals surface area contributed by atoms with Crippen LogP contribution in [-0.4, -0.2) is 38.5 Å². The Bertz CT molecular complexity index is 1350. The van der Waals surface area contributed by atoms with Crippen molar-refractivity contribution in [2.45, 2.75) is 64.6 Å². The van der Waals surface area contributed by atoms with E-state index in [-0.39, 0.29) is 11.5 Å². The highest BCUT2D eigenvalue weighted by atomic mass is 19.3. The summed E-state index contributed by atoms with van der Waals surface area (Å²) in [5.41, 5.74) is -1.92. The van der Waals surface area contributed by atoms with Gasteiger partial charge in [-0.1, -0.05) is 12.1 Å². The molecule has 3 aromatic rings. The van der Waals surface area contributed by atoms with E-state index in [2.05, 4.69) is 15.3 Å². The molecular formula is C26H29F3N4O2. The van der Waals surface area contributed by atoms with E-state index in [0.29, 0.717) is 28.1 Å². The number of nitrogens with zero attached hydrogens (tertiary/aromatic N) is 3. The molecule has 0 spiro atoms. The van der Waals surface area contributed by atoms with Gasteiger partial charge in [-0.25, -0.2) is 14.4 Å². The third kappa shape index (κ3) is 3.82. The molecule has 186 valence electrons. The van der Waals surface area contributed by atoms with Gasteiger partial charge in [0, 0.05) is 23.6 Å². The maximum Gasteiger partial charge on any atom is 0.303 e. The fourth-order valence-electron chi connectivity index (χ4n) is 4.44. The summed E-state index contributed by atoms with van der Waals surface area (Å²) in [4.78, 5) is 23.4. The second-order valence-corrected chi connectivity index (χ2v) is 10.2. The summed E-state index contributed by atoms with van der Waals surface area (Å²) in [6.45, 7) is 9.11. The highest BCUT2D eigenvalue weighted by Crippen LogP contribution is 2.42. The molecule has 1 aliphatic rings. The maximum atomic E-state index is 15.3. The van der Waals surface area contributed by atoms with Crippen molar-refractivity contribution >= 4 is 22.6 Å². The smallest absolute Gasteiger partial charge is 0.303 e. The average Bonchev–Trinajstić information content (AvgIpc) is 2.91. The third-order valence-electron chi connectivity index (χ3n) is 6.93. The molecule has 1 aromatic heterocycles. The number of halogens is 3. The molecule has 6 nitrogen and oxygen atoms in total. The van der Waals surface area contributed by atoms with Crippen molar-refractivity contribution in [3.63, 3.8) is 0 Å². The first-order chi connectivity index (χ1) is 16.1. The summed E-state index contributed by atoms with van der Waals surface area (Å²) in [5, 5.41) is 13.7. The van der Waals surface area contributed by atoms with Gasteiger partial charge < -0.3 is 15.3 Å². The lowest BCUT2D eigenvalue weighted by molar-refractivity contribution is -0.170. The Kier molecular flexibility index (Phi) is 5.63. The van der Waals surface area contributed by atoms with Gasteiger partial charge in [-0.05, 0) is 65.3 Å². The number of fused-ring (bicyclic) bond motifs is 2. The lowest BCUT2D eigenvalue weighted by Crippen LogP contribution is -2.41. The van der Waals surface area contributed by atoms with Gasteiger partial charge in [-0.15, -0.1) is 0 Å². The highest BCUT2D eigenvalue weighted by Gasteiger charge is 2.49. The van der Waals surface area contributed by atoms with Crippen LogP contribution < -0.4 is 5.32 Å². The third-order valence-corrected chi connectivity index (χ3v) is 6.93. The van der Waals surface area contributed by atoms with Crippen LogP contribution in [0.1, 0.15) is 73.5 Å². The SMILES string of the molecule is Cc1nc(NC(C)c2cccc(C(F)(F)C(C)(C)O)c2F)c2cc3c(cc2n1)C(=O)N(C)C3(C)C. The highest BCUT2D eigenvalue weighted by molar-refractivity contribution is 6.04. The minimum atomic E-state index is -3.80.